The topological polar surface area (TPSA) is 110 Å². The van der Waals surface area contributed by atoms with Crippen LogP contribution in [0.5, 0.6) is 0 Å². The molecular formula is C21H20N6O. The van der Waals surface area contributed by atoms with Gasteiger partial charge < -0.3 is 5.73 Å². The molecule has 7 nitrogen and oxygen atoms in total. The standard InChI is InChI=1S/C21H20N6O/c22-7-6-15-10-24-21(25-11-15)18-5-4-14(9-23)8-19(18)20(28)16-12-26-27(13-16)17-2-1-3-17/h4-5,8,10-13,17H,1-3,6-7,22H2. The molecule has 140 valence electrons. The molecule has 2 heterocycles. The first kappa shape index (κ1) is 18.0. The number of nitrogens with zero attached hydrogens (tertiary/aromatic N) is 5. The third kappa shape index (κ3) is 3.42. The van der Waals surface area contributed by atoms with Gasteiger partial charge in [-0.05, 0) is 56.0 Å². The van der Waals surface area contributed by atoms with Crippen molar-refractivity contribution < 1.29 is 4.79 Å². The van der Waals surface area contributed by atoms with Crippen LogP contribution in [0.15, 0.2) is 43.0 Å². The molecule has 0 amide bonds. The molecule has 1 aliphatic carbocycles. The van der Waals surface area contributed by atoms with Gasteiger partial charge in [0.05, 0.1) is 29.4 Å². The van der Waals surface area contributed by atoms with Crippen LogP contribution in [-0.2, 0) is 6.42 Å². The van der Waals surface area contributed by atoms with Gasteiger partial charge in [-0.1, -0.05) is 0 Å². The van der Waals surface area contributed by atoms with Gasteiger partial charge in [0.2, 0.25) is 0 Å². The Kier molecular flexibility index (Phi) is 4.96. The van der Waals surface area contributed by atoms with Crippen molar-refractivity contribution >= 4 is 5.78 Å². The molecule has 0 radical (unpaired) electrons. The van der Waals surface area contributed by atoms with Crippen molar-refractivity contribution in [2.75, 3.05) is 6.54 Å². The third-order valence-corrected chi connectivity index (χ3v) is 5.09. The van der Waals surface area contributed by atoms with Gasteiger partial charge in [0, 0.05) is 29.7 Å². The Hall–Kier alpha value is -3.37. The molecule has 0 aliphatic heterocycles. The normalized spacial score (nSPS) is 13.7. The number of ketones is 1. The Balaban J connectivity index is 1.71. The fourth-order valence-corrected chi connectivity index (χ4v) is 3.25. The first-order valence-electron chi connectivity index (χ1n) is 9.34. The smallest absolute Gasteiger partial charge is 0.196 e. The molecule has 1 aliphatic rings. The first-order valence-corrected chi connectivity index (χ1v) is 9.34. The molecule has 0 atom stereocenters. The van der Waals surface area contributed by atoms with Gasteiger partial charge in [-0.25, -0.2) is 9.97 Å². The quantitative estimate of drug-likeness (QED) is 0.666. The molecule has 7 heteroatoms. The second-order valence-electron chi connectivity index (χ2n) is 6.95. The van der Waals surface area contributed by atoms with Crippen molar-refractivity contribution in [3.63, 3.8) is 0 Å². The minimum atomic E-state index is -0.188. The predicted octanol–water partition coefficient (Wildman–Crippen LogP) is 2.67. The lowest BCUT2D eigenvalue weighted by molar-refractivity contribution is 0.103. The van der Waals surface area contributed by atoms with Crippen LogP contribution in [0.4, 0.5) is 0 Å². The van der Waals surface area contributed by atoms with E-state index in [0.29, 0.717) is 47.1 Å². The number of benzene rings is 1. The number of nitriles is 1. The summed E-state index contributed by atoms with van der Waals surface area (Å²) in [6.45, 7) is 0.522. The van der Waals surface area contributed by atoms with Gasteiger partial charge in [0.25, 0.3) is 0 Å². The van der Waals surface area contributed by atoms with Gasteiger partial charge in [-0.2, -0.15) is 10.4 Å². The van der Waals surface area contributed by atoms with Crippen molar-refractivity contribution in [1.82, 2.24) is 19.7 Å². The van der Waals surface area contributed by atoms with Gasteiger partial charge >= 0.3 is 0 Å². The zero-order chi connectivity index (χ0) is 19.5. The molecule has 0 spiro atoms. The summed E-state index contributed by atoms with van der Waals surface area (Å²) in [6.07, 6.45) is 10.9. The van der Waals surface area contributed by atoms with Crippen LogP contribution >= 0.6 is 0 Å². The number of hydrogen-bond donors (Lipinski definition) is 1. The predicted molar refractivity (Wildman–Crippen MR) is 103 cm³/mol. The maximum absolute atomic E-state index is 13.2. The van der Waals surface area contributed by atoms with Crippen LogP contribution in [-0.4, -0.2) is 32.1 Å². The maximum atomic E-state index is 13.2. The average molecular weight is 372 g/mol. The number of nitrogens with two attached hydrogens (primary N) is 1. The van der Waals surface area contributed by atoms with E-state index in [1.165, 1.54) is 6.42 Å². The lowest BCUT2D eigenvalue weighted by atomic mass is 9.93. The second-order valence-corrected chi connectivity index (χ2v) is 6.95. The van der Waals surface area contributed by atoms with Crippen molar-refractivity contribution in [2.24, 2.45) is 5.73 Å². The minimum absolute atomic E-state index is 0.188. The zero-order valence-electron chi connectivity index (χ0n) is 15.4. The molecule has 1 fully saturated rings. The highest BCUT2D eigenvalue weighted by molar-refractivity contribution is 6.12. The van der Waals surface area contributed by atoms with E-state index in [1.54, 1.807) is 43.0 Å². The average Bonchev–Trinajstić information content (AvgIpc) is 3.16. The van der Waals surface area contributed by atoms with Crippen molar-refractivity contribution in [3.8, 4) is 17.5 Å². The maximum Gasteiger partial charge on any atom is 0.196 e. The van der Waals surface area contributed by atoms with E-state index in [2.05, 4.69) is 21.1 Å². The highest BCUT2D eigenvalue weighted by Gasteiger charge is 2.23. The molecule has 3 aromatic rings. The Morgan fingerprint density at radius 3 is 2.68 bits per heavy atom. The summed E-state index contributed by atoms with van der Waals surface area (Å²) >= 11 is 0. The van der Waals surface area contributed by atoms with Crippen molar-refractivity contribution in [1.29, 1.82) is 5.26 Å². The molecular weight excluding hydrogens is 352 g/mol. The Morgan fingerprint density at radius 2 is 2.04 bits per heavy atom. The van der Waals surface area contributed by atoms with Gasteiger partial charge in [0.1, 0.15) is 0 Å². The third-order valence-electron chi connectivity index (χ3n) is 5.09. The van der Waals surface area contributed by atoms with Crippen LogP contribution in [0.25, 0.3) is 11.4 Å². The second kappa shape index (κ2) is 7.71. The number of carbonyl (C=O) groups excluding carboxylic acids is 1. The molecule has 1 aromatic carbocycles. The van der Waals surface area contributed by atoms with Crippen LogP contribution in [0.3, 0.4) is 0 Å². The van der Waals surface area contributed by atoms with Crippen molar-refractivity contribution in [3.05, 3.63) is 65.2 Å². The number of aromatic nitrogens is 4. The summed E-state index contributed by atoms with van der Waals surface area (Å²) in [5, 5.41) is 13.6. The summed E-state index contributed by atoms with van der Waals surface area (Å²) in [7, 11) is 0. The highest BCUT2D eigenvalue weighted by atomic mass is 16.1. The van der Waals surface area contributed by atoms with E-state index in [1.807, 2.05) is 4.68 Å². The van der Waals surface area contributed by atoms with Gasteiger partial charge in [-0.3, -0.25) is 9.48 Å². The lowest BCUT2D eigenvalue weighted by Crippen LogP contribution is -2.17. The first-order chi connectivity index (χ1) is 13.7. The van der Waals surface area contributed by atoms with Gasteiger partial charge in [-0.15, -0.1) is 0 Å². The molecule has 1 saturated carbocycles. The molecule has 2 aromatic heterocycles. The lowest BCUT2D eigenvalue weighted by Gasteiger charge is -2.25. The van der Waals surface area contributed by atoms with Crippen molar-refractivity contribution in [2.45, 2.75) is 31.7 Å². The molecule has 4 rings (SSSR count). The minimum Gasteiger partial charge on any atom is -0.330 e. The summed E-state index contributed by atoms with van der Waals surface area (Å²) in [5.41, 5.74) is 8.42. The van der Waals surface area contributed by atoms with Gasteiger partial charge in [0.15, 0.2) is 11.6 Å². The fourth-order valence-electron chi connectivity index (χ4n) is 3.25. The van der Waals surface area contributed by atoms with Crippen LogP contribution in [0.2, 0.25) is 0 Å². The largest absolute Gasteiger partial charge is 0.330 e. The zero-order valence-corrected chi connectivity index (χ0v) is 15.4. The monoisotopic (exact) mass is 372 g/mol. The van der Waals surface area contributed by atoms with E-state index in [9.17, 15) is 10.1 Å². The number of rotatable bonds is 6. The Morgan fingerprint density at radius 1 is 1.25 bits per heavy atom. The van der Waals surface area contributed by atoms with E-state index in [4.69, 9.17) is 5.73 Å². The van der Waals surface area contributed by atoms with Crippen LogP contribution in [0, 0.1) is 11.3 Å². The fraction of sp³-hybridized carbons (Fsp3) is 0.286. The number of carbonyl (C=O) groups is 1. The Labute approximate surface area is 162 Å². The van der Waals surface area contributed by atoms with E-state index >= 15 is 0 Å². The van der Waals surface area contributed by atoms with E-state index in [0.717, 1.165) is 18.4 Å². The summed E-state index contributed by atoms with van der Waals surface area (Å²) < 4.78 is 1.86. The Bertz CT molecular complexity index is 1040. The summed E-state index contributed by atoms with van der Waals surface area (Å²) in [6, 6.07) is 7.45. The number of hydrogen-bond acceptors (Lipinski definition) is 6. The molecule has 28 heavy (non-hydrogen) atoms. The van der Waals surface area contributed by atoms with Crippen LogP contribution in [0.1, 0.15) is 52.4 Å². The summed E-state index contributed by atoms with van der Waals surface area (Å²) in [4.78, 5) is 22.0. The molecule has 0 saturated heterocycles. The summed E-state index contributed by atoms with van der Waals surface area (Å²) in [5.74, 6) is 0.257. The van der Waals surface area contributed by atoms with E-state index in [-0.39, 0.29) is 5.78 Å². The van der Waals surface area contributed by atoms with Crippen LogP contribution < -0.4 is 5.73 Å². The SMILES string of the molecule is N#Cc1ccc(-c2ncc(CCN)cn2)c(C(=O)c2cnn(C3CCC3)c2)c1. The molecule has 0 bridgehead atoms. The highest BCUT2D eigenvalue weighted by Crippen LogP contribution is 2.31. The van der Waals surface area contributed by atoms with E-state index < -0.39 is 0 Å². The molecule has 0 unspecified atom stereocenters. The molecule has 2 N–H and O–H groups in total.